The molecule has 1 N–H and O–H groups in total. The van der Waals surface area contributed by atoms with Crippen molar-refractivity contribution >= 4 is 5.97 Å². The zero-order chi connectivity index (χ0) is 14.7. The molecule has 1 aromatic heterocycles. The zero-order valence-electron chi connectivity index (χ0n) is 12.1. The molecule has 1 heterocycles. The number of aromatic nitrogens is 2. The van der Waals surface area contributed by atoms with Crippen molar-refractivity contribution in [1.29, 1.82) is 0 Å². The SMILES string of the molecule is CCc1c(C)nn(C(CC(=O)O)c2ccccc2)c1C. The summed E-state index contributed by atoms with van der Waals surface area (Å²) in [7, 11) is 0. The molecule has 0 spiro atoms. The Morgan fingerprint density at radius 3 is 2.45 bits per heavy atom. The molecular formula is C16H20N2O2. The number of carboxylic acid groups (broad SMARTS) is 1. The lowest BCUT2D eigenvalue weighted by Crippen LogP contribution is -2.17. The van der Waals surface area contributed by atoms with Crippen LogP contribution in [0.25, 0.3) is 0 Å². The van der Waals surface area contributed by atoms with Crippen LogP contribution in [0.15, 0.2) is 30.3 Å². The van der Waals surface area contributed by atoms with Gasteiger partial charge in [0.1, 0.15) is 0 Å². The number of nitrogens with zero attached hydrogens (tertiary/aromatic N) is 2. The monoisotopic (exact) mass is 272 g/mol. The summed E-state index contributed by atoms with van der Waals surface area (Å²) in [4.78, 5) is 11.2. The average Bonchev–Trinajstić information content (AvgIpc) is 2.71. The number of rotatable bonds is 5. The second-order valence-corrected chi connectivity index (χ2v) is 4.97. The van der Waals surface area contributed by atoms with Crippen LogP contribution < -0.4 is 0 Å². The molecule has 2 aromatic rings. The number of carboxylic acids is 1. The number of hydrogen-bond acceptors (Lipinski definition) is 2. The molecule has 0 radical (unpaired) electrons. The molecule has 0 aliphatic heterocycles. The van der Waals surface area contributed by atoms with Crippen molar-refractivity contribution in [3.63, 3.8) is 0 Å². The van der Waals surface area contributed by atoms with Gasteiger partial charge in [-0.2, -0.15) is 5.10 Å². The van der Waals surface area contributed by atoms with E-state index in [-0.39, 0.29) is 12.5 Å². The van der Waals surface area contributed by atoms with Crippen LogP contribution in [0.3, 0.4) is 0 Å². The van der Waals surface area contributed by atoms with Gasteiger partial charge in [0.2, 0.25) is 0 Å². The van der Waals surface area contributed by atoms with Gasteiger partial charge in [0.15, 0.2) is 0 Å². The van der Waals surface area contributed by atoms with Crippen molar-refractivity contribution < 1.29 is 9.90 Å². The molecule has 20 heavy (non-hydrogen) atoms. The maximum atomic E-state index is 11.2. The van der Waals surface area contributed by atoms with Crippen LogP contribution in [-0.4, -0.2) is 20.9 Å². The van der Waals surface area contributed by atoms with E-state index in [4.69, 9.17) is 0 Å². The van der Waals surface area contributed by atoms with Gasteiger partial charge in [0.25, 0.3) is 0 Å². The molecule has 1 unspecified atom stereocenters. The Hall–Kier alpha value is -2.10. The van der Waals surface area contributed by atoms with Crippen LogP contribution in [0, 0.1) is 13.8 Å². The van der Waals surface area contributed by atoms with Crippen molar-refractivity contribution in [2.24, 2.45) is 0 Å². The minimum absolute atomic E-state index is 0.0368. The van der Waals surface area contributed by atoms with E-state index in [1.807, 2.05) is 48.9 Å². The number of hydrogen-bond donors (Lipinski definition) is 1. The van der Waals surface area contributed by atoms with Gasteiger partial charge in [-0.15, -0.1) is 0 Å². The van der Waals surface area contributed by atoms with Crippen molar-refractivity contribution in [2.45, 2.75) is 39.7 Å². The van der Waals surface area contributed by atoms with Gasteiger partial charge in [-0.05, 0) is 31.4 Å². The lowest BCUT2D eigenvalue weighted by Gasteiger charge is -2.18. The molecule has 106 valence electrons. The Labute approximate surface area is 119 Å². The Kier molecular flexibility index (Phi) is 4.23. The Bertz CT molecular complexity index is 602. The fraction of sp³-hybridized carbons (Fsp3) is 0.375. The summed E-state index contributed by atoms with van der Waals surface area (Å²) in [6, 6.07) is 9.44. The average molecular weight is 272 g/mol. The Morgan fingerprint density at radius 2 is 1.95 bits per heavy atom. The normalized spacial score (nSPS) is 12.3. The van der Waals surface area contributed by atoms with Crippen LogP contribution in [0.4, 0.5) is 0 Å². The predicted molar refractivity (Wildman–Crippen MR) is 77.9 cm³/mol. The molecule has 0 saturated carbocycles. The topological polar surface area (TPSA) is 55.1 Å². The van der Waals surface area contributed by atoms with E-state index in [9.17, 15) is 9.90 Å². The van der Waals surface area contributed by atoms with Gasteiger partial charge in [0.05, 0.1) is 18.2 Å². The standard InChI is InChI=1S/C16H20N2O2/c1-4-14-11(2)17-18(12(14)3)15(10-16(19)20)13-8-6-5-7-9-13/h5-9,15H,4,10H2,1-3H3,(H,19,20). The summed E-state index contributed by atoms with van der Waals surface area (Å²) < 4.78 is 1.86. The fourth-order valence-corrected chi connectivity index (χ4v) is 2.70. The minimum atomic E-state index is -0.815. The number of benzene rings is 1. The molecule has 0 bridgehead atoms. The first-order valence-electron chi connectivity index (χ1n) is 6.85. The van der Waals surface area contributed by atoms with Gasteiger partial charge in [-0.3, -0.25) is 9.48 Å². The lowest BCUT2D eigenvalue weighted by atomic mass is 10.0. The highest BCUT2D eigenvalue weighted by molar-refractivity contribution is 5.68. The van der Waals surface area contributed by atoms with E-state index in [1.54, 1.807) is 0 Å². The van der Waals surface area contributed by atoms with E-state index >= 15 is 0 Å². The van der Waals surface area contributed by atoms with Crippen molar-refractivity contribution in [2.75, 3.05) is 0 Å². The maximum Gasteiger partial charge on any atom is 0.305 e. The second-order valence-electron chi connectivity index (χ2n) is 4.97. The molecule has 0 aliphatic rings. The molecule has 4 heteroatoms. The van der Waals surface area contributed by atoms with Gasteiger partial charge >= 0.3 is 5.97 Å². The minimum Gasteiger partial charge on any atom is -0.481 e. The third-order valence-corrected chi connectivity index (χ3v) is 3.68. The smallest absolute Gasteiger partial charge is 0.305 e. The van der Waals surface area contributed by atoms with Gasteiger partial charge in [-0.1, -0.05) is 37.3 Å². The largest absolute Gasteiger partial charge is 0.481 e. The van der Waals surface area contributed by atoms with Crippen LogP contribution in [-0.2, 0) is 11.2 Å². The molecule has 0 saturated heterocycles. The van der Waals surface area contributed by atoms with Gasteiger partial charge < -0.3 is 5.11 Å². The Morgan fingerprint density at radius 1 is 1.30 bits per heavy atom. The quantitative estimate of drug-likeness (QED) is 0.909. The Balaban J connectivity index is 2.50. The summed E-state index contributed by atoms with van der Waals surface area (Å²) >= 11 is 0. The number of aryl methyl sites for hydroxylation is 1. The fourth-order valence-electron chi connectivity index (χ4n) is 2.70. The summed E-state index contributed by atoms with van der Waals surface area (Å²) in [5.41, 5.74) is 4.22. The predicted octanol–water partition coefficient (Wildman–Crippen LogP) is 3.13. The van der Waals surface area contributed by atoms with E-state index < -0.39 is 5.97 Å². The highest BCUT2D eigenvalue weighted by Gasteiger charge is 2.22. The molecule has 0 amide bonds. The third kappa shape index (κ3) is 2.74. The molecule has 0 fully saturated rings. The maximum absolute atomic E-state index is 11.2. The van der Waals surface area contributed by atoms with E-state index in [1.165, 1.54) is 5.56 Å². The summed E-state index contributed by atoms with van der Waals surface area (Å²) in [5.74, 6) is -0.815. The molecule has 1 aromatic carbocycles. The molecule has 1 atom stereocenters. The highest BCUT2D eigenvalue weighted by Crippen LogP contribution is 2.26. The molecule has 0 aliphatic carbocycles. The van der Waals surface area contributed by atoms with Crippen LogP contribution in [0.5, 0.6) is 0 Å². The highest BCUT2D eigenvalue weighted by atomic mass is 16.4. The number of carbonyl (C=O) groups is 1. The molecular weight excluding hydrogens is 252 g/mol. The molecule has 4 nitrogen and oxygen atoms in total. The second kappa shape index (κ2) is 5.90. The third-order valence-electron chi connectivity index (χ3n) is 3.68. The first-order valence-corrected chi connectivity index (χ1v) is 6.85. The summed E-state index contributed by atoms with van der Waals surface area (Å²) in [6.07, 6.45) is 0.946. The van der Waals surface area contributed by atoms with Crippen molar-refractivity contribution in [1.82, 2.24) is 9.78 Å². The van der Waals surface area contributed by atoms with Gasteiger partial charge in [0, 0.05) is 5.69 Å². The van der Waals surface area contributed by atoms with Crippen LogP contribution in [0.2, 0.25) is 0 Å². The van der Waals surface area contributed by atoms with E-state index in [2.05, 4.69) is 12.0 Å². The van der Waals surface area contributed by atoms with Gasteiger partial charge in [-0.25, -0.2) is 0 Å². The summed E-state index contributed by atoms with van der Waals surface area (Å²) in [5, 5.41) is 13.8. The zero-order valence-corrected chi connectivity index (χ0v) is 12.1. The first-order chi connectivity index (χ1) is 9.54. The lowest BCUT2D eigenvalue weighted by molar-refractivity contribution is -0.137. The van der Waals surface area contributed by atoms with Crippen molar-refractivity contribution in [3.05, 3.63) is 52.8 Å². The summed E-state index contributed by atoms with van der Waals surface area (Å²) in [6.45, 7) is 6.08. The van der Waals surface area contributed by atoms with E-state index in [0.717, 1.165) is 23.4 Å². The number of aliphatic carboxylic acids is 1. The van der Waals surface area contributed by atoms with Crippen molar-refractivity contribution in [3.8, 4) is 0 Å². The van der Waals surface area contributed by atoms with Crippen LogP contribution in [0.1, 0.15) is 41.9 Å². The van der Waals surface area contributed by atoms with Crippen LogP contribution >= 0.6 is 0 Å². The first kappa shape index (κ1) is 14.3. The molecule has 2 rings (SSSR count). The van der Waals surface area contributed by atoms with E-state index in [0.29, 0.717) is 0 Å².